The minimum absolute atomic E-state index is 0.281. The second kappa shape index (κ2) is 5.88. The fourth-order valence-corrected chi connectivity index (χ4v) is 2.12. The molecule has 0 aliphatic carbocycles. The number of nitrogens with one attached hydrogen (secondary N) is 1. The molecule has 0 aliphatic heterocycles. The molecule has 0 saturated carbocycles. The first-order valence-electron chi connectivity index (χ1n) is 6.59. The monoisotopic (exact) mass is 287 g/mol. The molecule has 2 N–H and O–H groups in total. The third-order valence-electron chi connectivity index (χ3n) is 3.23. The number of hydrogen-bond donors (Lipinski definition) is 2. The highest BCUT2D eigenvalue weighted by molar-refractivity contribution is 5.62. The molecule has 0 bridgehead atoms. The van der Waals surface area contributed by atoms with Crippen molar-refractivity contribution in [3.05, 3.63) is 60.3 Å². The van der Waals surface area contributed by atoms with Crippen LogP contribution in [0.5, 0.6) is 0 Å². The van der Waals surface area contributed by atoms with Crippen molar-refractivity contribution < 1.29 is 13.9 Å². The lowest BCUT2D eigenvalue weighted by Crippen LogP contribution is -2.01. The number of hydrogen-bond acceptors (Lipinski definition) is 4. The normalized spacial score (nSPS) is 12.5. The summed E-state index contributed by atoms with van der Waals surface area (Å²) < 4.78 is 18.6. The number of aromatic nitrogens is 3. The Morgan fingerprint density at radius 3 is 2.95 bits per heavy atom. The Balaban J connectivity index is 1.65. The average molecular weight is 287 g/mol. The van der Waals surface area contributed by atoms with Crippen LogP contribution in [0.2, 0.25) is 0 Å². The van der Waals surface area contributed by atoms with Gasteiger partial charge in [0.25, 0.3) is 0 Å². The van der Waals surface area contributed by atoms with Gasteiger partial charge in [0.15, 0.2) is 5.82 Å². The number of nitrogens with zero attached hydrogens (tertiary/aromatic N) is 2. The highest BCUT2D eigenvalue weighted by Crippen LogP contribution is 2.24. The van der Waals surface area contributed by atoms with Crippen molar-refractivity contribution in [2.75, 3.05) is 0 Å². The number of H-pyrrole nitrogens is 1. The van der Waals surface area contributed by atoms with E-state index in [2.05, 4.69) is 15.2 Å². The largest absolute Gasteiger partial charge is 0.469 e. The van der Waals surface area contributed by atoms with Crippen LogP contribution >= 0.6 is 0 Å². The molecule has 1 aromatic carbocycles. The fourth-order valence-electron chi connectivity index (χ4n) is 2.12. The minimum Gasteiger partial charge on any atom is -0.469 e. The van der Waals surface area contributed by atoms with Crippen LogP contribution in [-0.4, -0.2) is 20.3 Å². The number of benzene rings is 1. The second-order valence-electron chi connectivity index (χ2n) is 4.74. The Bertz CT molecular complexity index is 709. The van der Waals surface area contributed by atoms with E-state index in [4.69, 9.17) is 4.42 Å². The first-order chi connectivity index (χ1) is 10.2. The van der Waals surface area contributed by atoms with Crippen molar-refractivity contribution in [1.82, 2.24) is 15.2 Å². The molecule has 3 aromatic rings. The zero-order valence-corrected chi connectivity index (χ0v) is 11.2. The van der Waals surface area contributed by atoms with Gasteiger partial charge in [0.2, 0.25) is 0 Å². The summed E-state index contributed by atoms with van der Waals surface area (Å²) in [5, 5.41) is 16.2. The van der Waals surface area contributed by atoms with Gasteiger partial charge in [0.05, 0.1) is 6.26 Å². The summed E-state index contributed by atoms with van der Waals surface area (Å²) in [5.41, 5.74) is 1.58. The third kappa shape index (κ3) is 3.17. The number of aliphatic hydroxyl groups is 1. The summed E-state index contributed by atoms with van der Waals surface area (Å²) in [6, 6.07) is 8.18. The molecule has 0 amide bonds. The van der Waals surface area contributed by atoms with Gasteiger partial charge in [-0.1, -0.05) is 12.1 Å². The van der Waals surface area contributed by atoms with E-state index in [9.17, 15) is 9.50 Å². The van der Waals surface area contributed by atoms with Crippen LogP contribution < -0.4 is 0 Å². The summed E-state index contributed by atoms with van der Waals surface area (Å²) in [6.07, 6.45) is 3.25. The summed E-state index contributed by atoms with van der Waals surface area (Å²) in [4.78, 5) is 3.90. The predicted molar refractivity (Wildman–Crippen MR) is 73.8 cm³/mol. The van der Waals surface area contributed by atoms with Gasteiger partial charge < -0.3 is 9.52 Å². The molecule has 21 heavy (non-hydrogen) atoms. The molecule has 0 radical (unpaired) electrons. The number of halogens is 1. The maximum Gasteiger partial charge on any atom is 0.153 e. The quantitative estimate of drug-likeness (QED) is 0.756. The average Bonchev–Trinajstić information content (AvgIpc) is 3.16. The number of aliphatic hydroxyl groups excluding tert-OH is 1. The molecule has 2 aromatic heterocycles. The minimum atomic E-state index is -0.713. The van der Waals surface area contributed by atoms with Crippen LogP contribution in [0.1, 0.15) is 24.1 Å². The van der Waals surface area contributed by atoms with Crippen LogP contribution in [0, 0.1) is 5.82 Å². The van der Waals surface area contributed by atoms with Crippen LogP contribution in [0.25, 0.3) is 11.1 Å². The van der Waals surface area contributed by atoms with Crippen LogP contribution in [-0.2, 0) is 6.42 Å². The van der Waals surface area contributed by atoms with Crippen molar-refractivity contribution in [3.63, 3.8) is 0 Å². The Morgan fingerprint density at radius 2 is 2.19 bits per heavy atom. The molecule has 108 valence electrons. The number of aryl methyl sites for hydroxylation is 1. The Labute approximate surface area is 120 Å². The van der Waals surface area contributed by atoms with Gasteiger partial charge >= 0.3 is 0 Å². The van der Waals surface area contributed by atoms with Crippen molar-refractivity contribution >= 4 is 0 Å². The van der Waals surface area contributed by atoms with Crippen molar-refractivity contribution in [2.45, 2.75) is 18.9 Å². The van der Waals surface area contributed by atoms with E-state index in [0.29, 0.717) is 18.7 Å². The molecule has 6 heteroatoms. The summed E-state index contributed by atoms with van der Waals surface area (Å²) in [7, 11) is 0. The van der Waals surface area contributed by atoms with Crippen molar-refractivity contribution in [1.29, 1.82) is 0 Å². The van der Waals surface area contributed by atoms with E-state index in [1.807, 2.05) is 12.1 Å². The highest BCUT2D eigenvalue weighted by atomic mass is 19.1. The van der Waals surface area contributed by atoms with E-state index < -0.39 is 6.10 Å². The fraction of sp³-hybridized carbons (Fsp3) is 0.200. The van der Waals surface area contributed by atoms with Crippen LogP contribution in [0.15, 0.2) is 47.3 Å². The molecule has 1 unspecified atom stereocenters. The maximum absolute atomic E-state index is 13.2. The maximum atomic E-state index is 13.2. The lowest BCUT2D eigenvalue weighted by Gasteiger charge is -2.04. The second-order valence-corrected chi connectivity index (χ2v) is 4.74. The molecule has 1 atom stereocenters. The lowest BCUT2D eigenvalue weighted by molar-refractivity contribution is 0.156. The lowest BCUT2D eigenvalue weighted by atomic mass is 10.1. The molecule has 2 heterocycles. The molecule has 3 rings (SSSR count). The molecule has 0 spiro atoms. The number of rotatable bonds is 5. The van der Waals surface area contributed by atoms with Gasteiger partial charge in [-0.3, -0.25) is 5.10 Å². The van der Waals surface area contributed by atoms with E-state index >= 15 is 0 Å². The topological polar surface area (TPSA) is 74.9 Å². The Kier molecular flexibility index (Phi) is 3.79. The van der Waals surface area contributed by atoms with Gasteiger partial charge in [-0.25, -0.2) is 9.37 Å². The molecular formula is C15H14FN3O2. The SMILES string of the molecule is OC(CCc1cc(-c2cccc(F)c2)co1)c1ncn[nH]1. The first-order valence-corrected chi connectivity index (χ1v) is 6.59. The number of aromatic amines is 1. The number of furan rings is 1. The summed E-state index contributed by atoms with van der Waals surface area (Å²) >= 11 is 0. The van der Waals surface area contributed by atoms with Gasteiger partial charge in [-0.05, 0) is 30.2 Å². The van der Waals surface area contributed by atoms with Crippen LogP contribution in [0.3, 0.4) is 0 Å². The molecule has 5 nitrogen and oxygen atoms in total. The molecule has 0 aliphatic rings. The molecular weight excluding hydrogens is 273 g/mol. The third-order valence-corrected chi connectivity index (χ3v) is 3.23. The Morgan fingerprint density at radius 1 is 1.29 bits per heavy atom. The smallest absolute Gasteiger partial charge is 0.153 e. The summed E-state index contributed by atoms with van der Waals surface area (Å²) in [6.45, 7) is 0. The molecule has 0 fully saturated rings. The zero-order valence-electron chi connectivity index (χ0n) is 11.2. The van der Waals surface area contributed by atoms with E-state index in [-0.39, 0.29) is 5.82 Å². The van der Waals surface area contributed by atoms with Crippen molar-refractivity contribution in [3.8, 4) is 11.1 Å². The van der Waals surface area contributed by atoms with E-state index in [1.165, 1.54) is 18.5 Å². The van der Waals surface area contributed by atoms with Gasteiger partial charge in [0, 0.05) is 12.0 Å². The zero-order chi connectivity index (χ0) is 14.7. The highest BCUT2D eigenvalue weighted by Gasteiger charge is 2.12. The predicted octanol–water partition coefficient (Wildman–Crippen LogP) is 2.87. The van der Waals surface area contributed by atoms with Gasteiger partial charge in [-0.2, -0.15) is 5.10 Å². The Hall–Kier alpha value is -2.47. The standard InChI is InChI=1S/C15H14FN3O2/c16-12-3-1-2-10(6-12)11-7-13(21-8-11)4-5-14(20)15-17-9-18-19-15/h1-3,6-9,14,20H,4-5H2,(H,17,18,19). The summed E-state index contributed by atoms with van der Waals surface area (Å²) in [5.74, 6) is 0.885. The van der Waals surface area contributed by atoms with Gasteiger partial charge in [-0.15, -0.1) is 0 Å². The van der Waals surface area contributed by atoms with E-state index in [1.54, 1.807) is 12.3 Å². The molecule has 0 saturated heterocycles. The van der Waals surface area contributed by atoms with E-state index in [0.717, 1.165) is 16.9 Å². The van der Waals surface area contributed by atoms with Crippen LogP contribution in [0.4, 0.5) is 4.39 Å². The first kappa shape index (κ1) is 13.5. The van der Waals surface area contributed by atoms with Crippen molar-refractivity contribution in [2.24, 2.45) is 0 Å². The van der Waals surface area contributed by atoms with Gasteiger partial charge in [0.1, 0.15) is 24.0 Å².